The van der Waals surface area contributed by atoms with Gasteiger partial charge in [0, 0.05) is 43.0 Å². The number of non-ortho nitro benzene ring substituents is 1. The number of aromatic nitrogens is 1. The van der Waals surface area contributed by atoms with Gasteiger partial charge in [0.05, 0.1) is 10.5 Å². The van der Waals surface area contributed by atoms with Crippen LogP contribution in [0.2, 0.25) is 0 Å². The van der Waals surface area contributed by atoms with Crippen molar-refractivity contribution < 1.29 is 14.5 Å². The first-order valence-electron chi connectivity index (χ1n) is 9.12. The summed E-state index contributed by atoms with van der Waals surface area (Å²) in [6, 6.07) is 6.27. The Kier molecular flexibility index (Phi) is 6.53. The highest BCUT2D eigenvalue weighted by Gasteiger charge is 2.23. The number of carbonyl (C=O) groups excluding carboxylic acids is 2. The number of benzene rings is 1. The van der Waals surface area contributed by atoms with Crippen LogP contribution in [0.25, 0.3) is 0 Å². The van der Waals surface area contributed by atoms with Gasteiger partial charge < -0.3 is 14.8 Å². The van der Waals surface area contributed by atoms with Crippen LogP contribution in [0.15, 0.2) is 41.3 Å². The molecule has 0 aliphatic heterocycles. The van der Waals surface area contributed by atoms with E-state index >= 15 is 0 Å². The Morgan fingerprint density at radius 3 is 2.10 bits per heavy atom. The number of amides is 2. The summed E-state index contributed by atoms with van der Waals surface area (Å²) in [6.45, 7) is 7.60. The molecule has 9 nitrogen and oxygen atoms in total. The number of nitro groups is 1. The normalized spacial score (nSPS) is 10.9. The predicted molar refractivity (Wildman–Crippen MR) is 109 cm³/mol. The SMILES string of the molecule is CC(C)N(C(=O)c1cc(NC(=O)c2ccc([N+](=O)[O-])cc2)c(=O)n(C)c1)C(C)C. The van der Waals surface area contributed by atoms with Gasteiger partial charge in [0.25, 0.3) is 23.1 Å². The van der Waals surface area contributed by atoms with Crippen molar-refractivity contribution in [2.24, 2.45) is 7.05 Å². The van der Waals surface area contributed by atoms with Crippen LogP contribution in [0.1, 0.15) is 48.4 Å². The van der Waals surface area contributed by atoms with Crippen molar-refractivity contribution in [1.29, 1.82) is 0 Å². The van der Waals surface area contributed by atoms with Crippen LogP contribution in [0.5, 0.6) is 0 Å². The molecule has 0 spiro atoms. The smallest absolute Gasteiger partial charge is 0.274 e. The zero-order valence-corrected chi connectivity index (χ0v) is 17.0. The van der Waals surface area contributed by atoms with Crippen molar-refractivity contribution in [2.45, 2.75) is 39.8 Å². The third-order valence-corrected chi connectivity index (χ3v) is 4.37. The maximum atomic E-state index is 12.9. The average Bonchev–Trinajstić information content (AvgIpc) is 2.64. The van der Waals surface area contributed by atoms with Crippen LogP contribution in [0.3, 0.4) is 0 Å². The molecule has 29 heavy (non-hydrogen) atoms. The molecule has 1 heterocycles. The zero-order valence-electron chi connectivity index (χ0n) is 17.0. The Bertz CT molecular complexity index is 985. The second-order valence-corrected chi connectivity index (χ2v) is 7.22. The molecule has 154 valence electrons. The van der Waals surface area contributed by atoms with Crippen molar-refractivity contribution >= 4 is 23.2 Å². The number of anilines is 1. The lowest BCUT2D eigenvalue weighted by Gasteiger charge is -2.31. The molecule has 0 aliphatic rings. The molecule has 2 amide bonds. The van der Waals surface area contributed by atoms with Gasteiger partial charge in [-0.3, -0.25) is 24.5 Å². The number of nitrogens with one attached hydrogen (secondary N) is 1. The summed E-state index contributed by atoms with van der Waals surface area (Å²) in [7, 11) is 1.50. The number of nitrogens with zero attached hydrogens (tertiary/aromatic N) is 3. The Morgan fingerprint density at radius 2 is 1.62 bits per heavy atom. The molecule has 9 heteroatoms. The minimum Gasteiger partial charge on any atom is -0.334 e. The topological polar surface area (TPSA) is 115 Å². The molecule has 1 N–H and O–H groups in total. The summed E-state index contributed by atoms with van der Waals surface area (Å²) in [5.41, 5.74) is -0.243. The molecule has 1 aromatic heterocycles. The highest BCUT2D eigenvalue weighted by molar-refractivity contribution is 6.05. The molecule has 0 bridgehead atoms. The maximum Gasteiger partial charge on any atom is 0.274 e. The van der Waals surface area contributed by atoms with Gasteiger partial charge in [0.1, 0.15) is 5.69 Å². The van der Waals surface area contributed by atoms with Gasteiger partial charge in [0.2, 0.25) is 0 Å². The Labute approximate surface area is 168 Å². The standard InChI is InChI=1S/C20H24N4O5/c1-12(2)23(13(3)4)19(26)15-10-17(20(27)22(5)11-15)21-18(25)14-6-8-16(9-7-14)24(28)29/h6-13H,1-5H3,(H,21,25). The van der Waals surface area contributed by atoms with Crippen LogP contribution in [-0.2, 0) is 7.05 Å². The highest BCUT2D eigenvalue weighted by atomic mass is 16.6. The Morgan fingerprint density at radius 1 is 1.07 bits per heavy atom. The van der Waals surface area contributed by atoms with Crippen LogP contribution in [-0.4, -0.2) is 38.3 Å². The predicted octanol–water partition coefficient (Wildman–Crippen LogP) is 2.80. The number of pyridine rings is 1. The number of hydrogen-bond acceptors (Lipinski definition) is 5. The summed E-state index contributed by atoms with van der Waals surface area (Å²) >= 11 is 0. The molecule has 2 rings (SSSR count). The lowest BCUT2D eigenvalue weighted by molar-refractivity contribution is -0.384. The number of nitro benzene ring substituents is 1. The molecule has 2 aromatic rings. The monoisotopic (exact) mass is 400 g/mol. The van der Waals surface area contributed by atoms with E-state index in [0.29, 0.717) is 0 Å². The van der Waals surface area contributed by atoms with E-state index in [4.69, 9.17) is 0 Å². The van der Waals surface area contributed by atoms with Crippen LogP contribution in [0.4, 0.5) is 11.4 Å². The fraction of sp³-hybridized carbons (Fsp3) is 0.350. The van der Waals surface area contributed by atoms with Crippen molar-refractivity contribution in [3.8, 4) is 0 Å². The number of hydrogen-bond donors (Lipinski definition) is 1. The van der Waals surface area contributed by atoms with Crippen LogP contribution < -0.4 is 10.9 Å². The number of aryl methyl sites for hydroxylation is 1. The summed E-state index contributed by atoms with van der Waals surface area (Å²) in [6.07, 6.45) is 1.43. The average molecular weight is 400 g/mol. The van der Waals surface area contributed by atoms with E-state index in [0.717, 1.165) is 0 Å². The number of carbonyl (C=O) groups is 2. The second kappa shape index (κ2) is 8.68. The molecule has 0 fully saturated rings. The van der Waals surface area contributed by atoms with Crippen molar-refractivity contribution in [3.63, 3.8) is 0 Å². The molecule has 0 unspecified atom stereocenters. The zero-order chi connectivity index (χ0) is 21.9. The fourth-order valence-corrected chi connectivity index (χ4v) is 3.06. The second-order valence-electron chi connectivity index (χ2n) is 7.22. The first-order valence-corrected chi connectivity index (χ1v) is 9.12. The van der Waals surface area contributed by atoms with Crippen LogP contribution >= 0.6 is 0 Å². The Hall–Kier alpha value is -3.49. The molecule has 0 atom stereocenters. The van der Waals surface area contributed by atoms with Gasteiger partial charge in [-0.25, -0.2) is 0 Å². The summed E-state index contributed by atoms with van der Waals surface area (Å²) in [5, 5.41) is 13.2. The molecule has 0 saturated heterocycles. The van der Waals surface area contributed by atoms with Crippen molar-refractivity contribution in [1.82, 2.24) is 9.47 Å². The molecule has 1 aromatic carbocycles. The Balaban J connectivity index is 2.36. The van der Waals surface area contributed by atoms with Gasteiger partial charge in [-0.1, -0.05) is 0 Å². The summed E-state index contributed by atoms with van der Waals surface area (Å²) in [4.78, 5) is 49.7. The van der Waals surface area contributed by atoms with E-state index in [1.165, 1.54) is 48.1 Å². The maximum absolute atomic E-state index is 12.9. The van der Waals surface area contributed by atoms with Crippen molar-refractivity contribution in [2.75, 3.05) is 5.32 Å². The minimum absolute atomic E-state index is 0.0436. The van der Waals surface area contributed by atoms with Gasteiger partial charge in [-0.15, -0.1) is 0 Å². The van der Waals surface area contributed by atoms with Gasteiger partial charge in [0.15, 0.2) is 0 Å². The van der Waals surface area contributed by atoms with Crippen molar-refractivity contribution in [3.05, 3.63) is 68.1 Å². The van der Waals surface area contributed by atoms with Gasteiger partial charge in [-0.05, 0) is 45.9 Å². The first-order chi connectivity index (χ1) is 13.5. The molecule has 0 saturated carbocycles. The van der Waals surface area contributed by atoms with E-state index in [1.54, 1.807) is 4.90 Å². The molecular formula is C20H24N4O5. The highest BCUT2D eigenvalue weighted by Crippen LogP contribution is 2.16. The van der Waals surface area contributed by atoms with E-state index in [2.05, 4.69) is 5.32 Å². The fourth-order valence-electron chi connectivity index (χ4n) is 3.06. The molecular weight excluding hydrogens is 376 g/mol. The quantitative estimate of drug-likeness (QED) is 0.591. The first kappa shape index (κ1) is 21.8. The molecule has 0 aliphatic carbocycles. The largest absolute Gasteiger partial charge is 0.334 e. The van der Waals surface area contributed by atoms with E-state index in [-0.39, 0.29) is 40.5 Å². The summed E-state index contributed by atoms with van der Waals surface area (Å²) < 4.78 is 1.23. The third kappa shape index (κ3) is 4.87. The van der Waals surface area contributed by atoms with Gasteiger partial charge in [-0.2, -0.15) is 0 Å². The van der Waals surface area contributed by atoms with Gasteiger partial charge >= 0.3 is 0 Å². The summed E-state index contributed by atoms with van der Waals surface area (Å²) in [5.74, 6) is -0.859. The van der Waals surface area contributed by atoms with E-state index < -0.39 is 16.4 Å². The van der Waals surface area contributed by atoms with E-state index in [1.807, 2.05) is 27.7 Å². The van der Waals surface area contributed by atoms with E-state index in [9.17, 15) is 24.5 Å². The molecule has 0 radical (unpaired) electrons. The minimum atomic E-state index is -0.605. The van der Waals surface area contributed by atoms with Crippen LogP contribution in [0, 0.1) is 10.1 Å². The lowest BCUT2D eigenvalue weighted by atomic mass is 10.1. The number of rotatable bonds is 6. The lowest BCUT2D eigenvalue weighted by Crippen LogP contribution is -2.42. The third-order valence-electron chi connectivity index (χ3n) is 4.37.